The molecule has 4 heteroatoms. The van der Waals surface area contributed by atoms with Gasteiger partial charge in [0.15, 0.2) is 0 Å². The van der Waals surface area contributed by atoms with Crippen LogP contribution in [0.2, 0.25) is 0 Å². The van der Waals surface area contributed by atoms with E-state index in [1.165, 1.54) is 6.08 Å². The molecule has 0 aliphatic rings. The minimum atomic E-state index is -0.478. The Balaban J connectivity index is 2.28. The Kier molecular flexibility index (Phi) is 4.69. The predicted octanol–water partition coefficient (Wildman–Crippen LogP) is 3.68. The lowest BCUT2D eigenvalue weighted by Gasteiger charge is -2.09. The summed E-state index contributed by atoms with van der Waals surface area (Å²) in [5.74, 6) is -0.168. The monoisotopic (exact) mass is 286 g/mol. The molecule has 0 saturated heterocycles. The number of aldehydes is 1. The highest BCUT2D eigenvalue weighted by Crippen LogP contribution is 2.28. The Labute approximate surface area is 121 Å². The summed E-state index contributed by atoms with van der Waals surface area (Å²) in [5.41, 5.74) is 0.934. The topological polar surface area (TPSA) is 43.4 Å². The Morgan fingerprint density at radius 3 is 2.35 bits per heavy atom. The summed E-state index contributed by atoms with van der Waals surface area (Å²) < 4.78 is 5.32. The van der Waals surface area contributed by atoms with Gasteiger partial charge in [-0.1, -0.05) is 41.9 Å². The molecular formula is C16H11ClO3. The van der Waals surface area contributed by atoms with Gasteiger partial charge in [-0.15, -0.1) is 0 Å². The fraction of sp³-hybridized carbons (Fsp3) is 0. The molecule has 0 aromatic heterocycles. The maximum Gasteiger partial charge on any atom is 0.343 e. The number of esters is 1. The van der Waals surface area contributed by atoms with Crippen molar-refractivity contribution in [2.45, 2.75) is 0 Å². The molecule has 0 unspecified atom stereocenters. The first-order valence-corrected chi connectivity index (χ1v) is 6.28. The fourth-order valence-electron chi connectivity index (χ4n) is 1.64. The summed E-state index contributed by atoms with van der Waals surface area (Å²) in [5, 5.41) is 0.219. The highest BCUT2D eigenvalue weighted by atomic mass is 35.5. The molecule has 2 aromatic carbocycles. The second kappa shape index (κ2) is 6.68. The standard InChI is InChI=1S/C16H11ClO3/c17-14(10-11-18)13-8-4-5-9-15(13)20-16(19)12-6-2-1-3-7-12/h1-11H. The van der Waals surface area contributed by atoms with Gasteiger partial charge in [-0.3, -0.25) is 4.79 Å². The lowest BCUT2D eigenvalue weighted by atomic mass is 10.2. The van der Waals surface area contributed by atoms with Gasteiger partial charge in [-0.25, -0.2) is 4.79 Å². The highest BCUT2D eigenvalue weighted by molar-refractivity contribution is 6.50. The Morgan fingerprint density at radius 2 is 1.65 bits per heavy atom. The molecule has 0 aliphatic carbocycles. The summed E-state index contributed by atoms with van der Waals surface area (Å²) in [6, 6.07) is 15.4. The van der Waals surface area contributed by atoms with Gasteiger partial charge < -0.3 is 4.74 Å². The average molecular weight is 287 g/mol. The number of benzene rings is 2. The average Bonchev–Trinajstić information content (AvgIpc) is 2.49. The summed E-state index contributed by atoms with van der Waals surface area (Å²) in [6.45, 7) is 0. The van der Waals surface area contributed by atoms with E-state index in [1.807, 2.05) is 6.07 Å². The number of para-hydroxylation sites is 1. The van der Waals surface area contributed by atoms with Gasteiger partial charge in [-0.05, 0) is 30.3 Å². The van der Waals surface area contributed by atoms with Crippen LogP contribution in [0, 0.1) is 0 Å². The van der Waals surface area contributed by atoms with Crippen molar-refractivity contribution < 1.29 is 14.3 Å². The van der Waals surface area contributed by atoms with Crippen LogP contribution in [-0.4, -0.2) is 12.3 Å². The minimum Gasteiger partial charge on any atom is -0.422 e. The second-order valence-electron chi connectivity index (χ2n) is 3.90. The van der Waals surface area contributed by atoms with E-state index in [1.54, 1.807) is 48.5 Å². The first-order valence-electron chi connectivity index (χ1n) is 5.90. The molecule has 0 atom stereocenters. The molecule has 0 spiro atoms. The van der Waals surface area contributed by atoms with Crippen LogP contribution in [0.15, 0.2) is 60.7 Å². The van der Waals surface area contributed by atoms with E-state index in [0.29, 0.717) is 23.2 Å². The third-order valence-corrected chi connectivity index (χ3v) is 2.90. The largest absolute Gasteiger partial charge is 0.422 e. The van der Waals surface area contributed by atoms with Gasteiger partial charge in [0.25, 0.3) is 0 Å². The van der Waals surface area contributed by atoms with Crippen molar-refractivity contribution in [3.05, 3.63) is 71.8 Å². The number of rotatable bonds is 4. The van der Waals surface area contributed by atoms with Gasteiger partial charge in [0, 0.05) is 5.56 Å². The molecule has 2 aromatic rings. The van der Waals surface area contributed by atoms with Gasteiger partial charge in [-0.2, -0.15) is 0 Å². The molecule has 0 bridgehead atoms. The summed E-state index contributed by atoms with van der Waals surface area (Å²) in [4.78, 5) is 22.5. The first kappa shape index (κ1) is 14.0. The zero-order valence-electron chi connectivity index (χ0n) is 10.5. The molecule has 20 heavy (non-hydrogen) atoms. The maximum absolute atomic E-state index is 12.0. The van der Waals surface area contributed by atoms with Crippen LogP contribution in [0.4, 0.5) is 0 Å². The third kappa shape index (κ3) is 3.33. The van der Waals surface area contributed by atoms with Crippen LogP contribution in [-0.2, 0) is 4.79 Å². The SMILES string of the molecule is O=CC=C(Cl)c1ccccc1OC(=O)c1ccccc1. The number of halogens is 1. The van der Waals surface area contributed by atoms with Crippen molar-refractivity contribution in [3.63, 3.8) is 0 Å². The van der Waals surface area contributed by atoms with E-state index < -0.39 is 5.97 Å². The molecule has 3 nitrogen and oxygen atoms in total. The maximum atomic E-state index is 12.0. The lowest BCUT2D eigenvalue weighted by molar-refractivity contribution is -0.104. The Morgan fingerprint density at radius 1 is 1.00 bits per heavy atom. The zero-order chi connectivity index (χ0) is 14.4. The van der Waals surface area contributed by atoms with Crippen LogP contribution in [0.25, 0.3) is 5.03 Å². The van der Waals surface area contributed by atoms with E-state index in [4.69, 9.17) is 16.3 Å². The molecule has 100 valence electrons. The second-order valence-corrected chi connectivity index (χ2v) is 4.31. The highest BCUT2D eigenvalue weighted by Gasteiger charge is 2.12. The molecule has 0 N–H and O–H groups in total. The van der Waals surface area contributed by atoms with Gasteiger partial charge in [0.2, 0.25) is 0 Å². The molecule has 0 saturated carbocycles. The molecule has 0 radical (unpaired) electrons. The minimum absolute atomic E-state index is 0.219. The molecule has 0 amide bonds. The zero-order valence-corrected chi connectivity index (χ0v) is 11.2. The lowest BCUT2D eigenvalue weighted by Crippen LogP contribution is -2.09. The van der Waals surface area contributed by atoms with Crippen molar-refractivity contribution in [2.24, 2.45) is 0 Å². The van der Waals surface area contributed by atoms with Crippen LogP contribution in [0.3, 0.4) is 0 Å². The Hall–Kier alpha value is -2.39. The molecule has 0 fully saturated rings. The van der Waals surface area contributed by atoms with Crippen LogP contribution in [0.1, 0.15) is 15.9 Å². The Bertz CT molecular complexity index is 648. The molecule has 0 heterocycles. The molecular weight excluding hydrogens is 276 g/mol. The number of carbonyl (C=O) groups is 2. The van der Waals surface area contributed by atoms with E-state index in [2.05, 4.69) is 0 Å². The van der Waals surface area contributed by atoms with Crippen molar-refractivity contribution in [2.75, 3.05) is 0 Å². The summed E-state index contributed by atoms with van der Waals surface area (Å²) in [6.07, 6.45) is 1.79. The van der Waals surface area contributed by atoms with Crippen LogP contribution < -0.4 is 4.74 Å². The normalized spacial score (nSPS) is 10.9. The van der Waals surface area contributed by atoms with E-state index in [0.717, 1.165) is 0 Å². The smallest absolute Gasteiger partial charge is 0.343 e. The van der Waals surface area contributed by atoms with E-state index >= 15 is 0 Å². The van der Waals surface area contributed by atoms with Crippen LogP contribution in [0.5, 0.6) is 5.75 Å². The number of allylic oxidation sites excluding steroid dienone is 1. The summed E-state index contributed by atoms with van der Waals surface area (Å²) in [7, 11) is 0. The number of hydrogen-bond acceptors (Lipinski definition) is 3. The van der Waals surface area contributed by atoms with E-state index in [9.17, 15) is 9.59 Å². The fourth-order valence-corrected chi connectivity index (χ4v) is 1.84. The van der Waals surface area contributed by atoms with Crippen LogP contribution >= 0.6 is 11.6 Å². The van der Waals surface area contributed by atoms with Gasteiger partial charge in [0.1, 0.15) is 12.0 Å². The van der Waals surface area contributed by atoms with Crippen molar-refractivity contribution >= 4 is 28.9 Å². The quantitative estimate of drug-likeness (QED) is 0.373. The third-order valence-electron chi connectivity index (χ3n) is 2.57. The molecule has 0 aliphatic heterocycles. The number of ether oxygens (including phenoxy) is 1. The van der Waals surface area contributed by atoms with Crippen molar-refractivity contribution in [1.29, 1.82) is 0 Å². The first-order chi connectivity index (χ1) is 9.72. The summed E-state index contributed by atoms with van der Waals surface area (Å²) >= 11 is 5.98. The van der Waals surface area contributed by atoms with Gasteiger partial charge in [0.05, 0.1) is 10.6 Å². The number of carbonyl (C=O) groups excluding carboxylic acids is 2. The predicted molar refractivity (Wildman–Crippen MR) is 77.7 cm³/mol. The van der Waals surface area contributed by atoms with Crippen molar-refractivity contribution in [1.82, 2.24) is 0 Å². The number of hydrogen-bond donors (Lipinski definition) is 0. The van der Waals surface area contributed by atoms with Gasteiger partial charge >= 0.3 is 5.97 Å². The van der Waals surface area contributed by atoms with E-state index in [-0.39, 0.29) is 5.03 Å². The molecule has 2 rings (SSSR count). The van der Waals surface area contributed by atoms with Crippen molar-refractivity contribution in [3.8, 4) is 5.75 Å².